The summed E-state index contributed by atoms with van der Waals surface area (Å²) in [6.45, 7) is 5.85. The zero-order valence-corrected chi connectivity index (χ0v) is 24.1. The number of phenolic OH excluding ortho intramolecular Hbond substituents is 1. The van der Waals surface area contributed by atoms with Gasteiger partial charge in [0.25, 0.3) is 0 Å². The summed E-state index contributed by atoms with van der Waals surface area (Å²) >= 11 is 0. The second-order valence-electron chi connectivity index (χ2n) is 11.5. The highest BCUT2D eigenvalue weighted by molar-refractivity contribution is 6.01. The molecule has 3 aromatic rings. The summed E-state index contributed by atoms with van der Waals surface area (Å²) in [5, 5.41) is 12.7. The van der Waals surface area contributed by atoms with Crippen LogP contribution in [0.4, 0.5) is 9.59 Å². The van der Waals surface area contributed by atoms with Gasteiger partial charge in [-0.15, -0.1) is 0 Å². The summed E-state index contributed by atoms with van der Waals surface area (Å²) in [6.07, 6.45) is -2.45. The molecule has 3 atom stereocenters. The fraction of sp³-hybridized carbons (Fsp3) is 0.433. The van der Waals surface area contributed by atoms with Gasteiger partial charge in [0.05, 0.1) is 18.1 Å². The number of hydrogen-bond acceptors (Lipinski definition) is 8. The molecule has 0 saturated heterocycles. The van der Waals surface area contributed by atoms with Crippen LogP contribution in [0.2, 0.25) is 0 Å². The first-order valence-electron chi connectivity index (χ1n) is 13.1. The Morgan fingerprint density at radius 2 is 1.73 bits per heavy atom. The van der Waals surface area contributed by atoms with Gasteiger partial charge in [-0.1, -0.05) is 39.0 Å². The Morgan fingerprint density at radius 3 is 2.38 bits per heavy atom. The van der Waals surface area contributed by atoms with Gasteiger partial charge in [-0.05, 0) is 12.1 Å². The summed E-state index contributed by atoms with van der Waals surface area (Å²) in [5.74, 6) is 0.712. The summed E-state index contributed by atoms with van der Waals surface area (Å²) in [6, 6.07) is 9.52. The normalized spacial score (nSPS) is 21.2. The molecule has 1 aliphatic carbocycles. The molecule has 212 valence electrons. The van der Waals surface area contributed by atoms with Gasteiger partial charge in [0, 0.05) is 67.9 Å². The van der Waals surface area contributed by atoms with Crippen molar-refractivity contribution in [2.45, 2.75) is 45.3 Å². The molecule has 0 saturated carbocycles. The Bertz CT molecular complexity index is 1560. The average Bonchev–Trinajstić information content (AvgIpc) is 2.89. The molecule has 1 N–H and O–H groups in total. The van der Waals surface area contributed by atoms with E-state index in [1.807, 2.05) is 51.1 Å². The largest absolute Gasteiger partial charge is 0.504 e. The number of methoxy groups -OCH3 is 1. The summed E-state index contributed by atoms with van der Waals surface area (Å²) in [5.41, 5.74) is 2.02. The third-order valence-corrected chi connectivity index (χ3v) is 7.70. The van der Waals surface area contributed by atoms with Crippen molar-refractivity contribution in [2.24, 2.45) is 5.41 Å². The van der Waals surface area contributed by atoms with E-state index in [4.69, 9.17) is 23.9 Å². The molecule has 2 aliphatic rings. The van der Waals surface area contributed by atoms with Crippen molar-refractivity contribution in [3.05, 3.63) is 47.2 Å². The SMILES string of the molecule is COc1c2c(c3nc4ccccc4cc3c1O)C(C)C1=C(CC(C)(C)[C@@H](OC(=O)N(C)C)[C@H]1OC(=O)N(C)C)O2. The maximum absolute atomic E-state index is 12.9. The predicted molar refractivity (Wildman–Crippen MR) is 150 cm³/mol. The number of allylic oxidation sites excluding steroid dienone is 1. The number of benzene rings is 2. The Hall–Kier alpha value is -4.21. The molecule has 10 heteroatoms. The molecule has 5 rings (SSSR count). The molecule has 0 spiro atoms. The fourth-order valence-electron chi connectivity index (χ4n) is 5.64. The smallest absolute Gasteiger partial charge is 0.409 e. The maximum atomic E-state index is 12.9. The van der Waals surface area contributed by atoms with Crippen molar-refractivity contribution in [3.63, 3.8) is 0 Å². The summed E-state index contributed by atoms with van der Waals surface area (Å²) in [4.78, 5) is 33.3. The van der Waals surface area contributed by atoms with E-state index in [1.165, 1.54) is 16.9 Å². The van der Waals surface area contributed by atoms with Crippen molar-refractivity contribution >= 4 is 34.0 Å². The minimum Gasteiger partial charge on any atom is -0.504 e. The highest BCUT2D eigenvalue weighted by Gasteiger charge is 2.53. The molecule has 10 nitrogen and oxygen atoms in total. The number of aromatic hydroxyl groups is 1. The lowest BCUT2D eigenvalue weighted by atomic mass is 9.68. The van der Waals surface area contributed by atoms with Gasteiger partial charge in [0.1, 0.15) is 5.76 Å². The van der Waals surface area contributed by atoms with Crippen LogP contribution in [0.25, 0.3) is 21.8 Å². The molecule has 0 fully saturated rings. The van der Waals surface area contributed by atoms with E-state index in [-0.39, 0.29) is 17.4 Å². The first-order chi connectivity index (χ1) is 18.9. The number of hydrogen-bond donors (Lipinski definition) is 1. The van der Waals surface area contributed by atoms with Crippen LogP contribution in [0.1, 0.15) is 38.7 Å². The van der Waals surface area contributed by atoms with Crippen molar-refractivity contribution in [1.82, 2.24) is 14.8 Å². The van der Waals surface area contributed by atoms with Crippen LogP contribution in [-0.2, 0) is 9.47 Å². The Morgan fingerprint density at radius 1 is 1.07 bits per heavy atom. The molecular formula is C30H35N3O7. The molecule has 2 heterocycles. The molecule has 40 heavy (non-hydrogen) atoms. The van der Waals surface area contributed by atoms with E-state index < -0.39 is 29.8 Å². The maximum Gasteiger partial charge on any atom is 0.409 e. The Labute approximate surface area is 233 Å². The quantitative estimate of drug-likeness (QED) is 0.432. The van der Waals surface area contributed by atoms with E-state index in [1.54, 1.807) is 28.2 Å². The third kappa shape index (κ3) is 4.31. The molecule has 2 amide bonds. The monoisotopic (exact) mass is 549 g/mol. The Balaban J connectivity index is 1.75. The van der Waals surface area contributed by atoms with Gasteiger partial charge >= 0.3 is 12.2 Å². The van der Waals surface area contributed by atoms with Crippen LogP contribution in [-0.4, -0.2) is 79.6 Å². The van der Waals surface area contributed by atoms with Crippen molar-refractivity contribution < 1.29 is 33.6 Å². The highest BCUT2D eigenvalue weighted by Crippen LogP contribution is 2.57. The standard InChI is InChI=1S/C30H35N3O7/c1-15-20-19(14-30(2,3)27(40-29(36)33(6)7)25(20)39-28(35)32(4)5)38-24-21(15)22-17(23(34)26(24)37-8)13-16-11-9-10-12-18(16)31-22/h9-13,15,25,27,34H,14H2,1-8H3/t15?,25-,27-/m0/s1. The number of ether oxygens (including phenoxy) is 4. The van der Waals surface area contributed by atoms with Gasteiger partial charge in [0.15, 0.2) is 23.7 Å². The fourth-order valence-corrected chi connectivity index (χ4v) is 5.64. The Kier molecular flexibility index (Phi) is 6.68. The molecule has 1 aliphatic heterocycles. The van der Waals surface area contributed by atoms with E-state index >= 15 is 0 Å². The lowest BCUT2D eigenvalue weighted by molar-refractivity contribution is -0.0763. The lowest BCUT2D eigenvalue weighted by Gasteiger charge is -2.47. The number of aromatic nitrogens is 1. The number of carbonyl (C=O) groups excluding carboxylic acids is 2. The minimum atomic E-state index is -0.934. The molecule has 2 aromatic carbocycles. The number of carbonyl (C=O) groups is 2. The van der Waals surface area contributed by atoms with E-state index in [2.05, 4.69) is 0 Å². The topological polar surface area (TPSA) is 111 Å². The summed E-state index contributed by atoms with van der Waals surface area (Å²) < 4.78 is 24.2. The van der Waals surface area contributed by atoms with Crippen molar-refractivity contribution in [3.8, 4) is 17.2 Å². The first-order valence-corrected chi connectivity index (χ1v) is 13.1. The predicted octanol–water partition coefficient (Wildman–Crippen LogP) is 5.42. The second-order valence-corrected chi connectivity index (χ2v) is 11.5. The van der Waals surface area contributed by atoms with Crippen LogP contribution < -0.4 is 9.47 Å². The van der Waals surface area contributed by atoms with Gasteiger partial charge < -0.3 is 33.9 Å². The number of phenols is 1. The van der Waals surface area contributed by atoms with Gasteiger partial charge in [-0.3, -0.25) is 0 Å². The zero-order valence-electron chi connectivity index (χ0n) is 24.1. The van der Waals surface area contributed by atoms with Crippen LogP contribution in [0.15, 0.2) is 41.7 Å². The van der Waals surface area contributed by atoms with Crippen LogP contribution in [0.5, 0.6) is 17.2 Å². The summed E-state index contributed by atoms with van der Waals surface area (Å²) in [7, 11) is 7.88. The van der Waals surface area contributed by atoms with E-state index in [9.17, 15) is 14.7 Å². The average molecular weight is 550 g/mol. The number of para-hydroxylation sites is 1. The van der Waals surface area contributed by atoms with Crippen LogP contribution >= 0.6 is 0 Å². The van der Waals surface area contributed by atoms with Gasteiger partial charge in [0.2, 0.25) is 5.75 Å². The molecule has 1 unspecified atom stereocenters. The van der Waals surface area contributed by atoms with Gasteiger partial charge in [-0.2, -0.15) is 0 Å². The molecular weight excluding hydrogens is 514 g/mol. The zero-order chi connectivity index (χ0) is 29.1. The van der Waals surface area contributed by atoms with Crippen LogP contribution in [0, 0.1) is 5.41 Å². The number of nitrogens with zero attached hydrogens (tertiary/aromatic N) is 3. The first kappa shape index (κ1) is 27.4. The number of pyridine rings is 1. The lowest BCUT2D eigenvalue weighted by Crippen LogP contribution is -2.53. The van der Waals surface area contributed by atoms with Crippen LogP contribution in [0.3, 0.4) is 0 Å². The van der Waals surface area contributed by atoms with E-state index in [0.29, 0.717) is 40.0 Å². The second kappa shape index (κ2) is 9.76. The molecule has 0 radical (unpaired) electrons. The minimum absolute atomic E-state index is 0.0609. The molecule has 0 bridgehead atoms. The molecule has 1 aromatic heterocycles. The number of amides is 2. The van der Waals surface area contributed by atoms with Crippen molar-refractivity contribution in [2.75, 3.05) is 35.3 Å². The van der Waals surface area contributed by atoms with E-state index in [0.717, 1.165) is 10.9 Å². The number of fused-ring (bicyclic) bond motifs is 4. The highest BCUT2D eigenvalue weighted by atomic mass is 16.6. The number of rotatable bonds is 3. The van der Waals surface area contributed by atoms with Gasteiger partial charge in [-0.25, -0.2) is 14.6 Å². The van der Waals surface area contributed by atoms with Crippen molar-refractivity contribution in [1.29, 1.82) is 0 Å². The third-order valence-electron chi connectivity index (χ3n) is 7.70.